The maximum Gasteiger partial charge on any atom is 0.340 e. The summed E-state index contributed by atoms with van der Waals surface area (Å²) < 4.78 is 0. The number of nitrogens with zero attached hydrogens (tertiary/aromatic N) is 1. The molecule has 0 bridgehead atoms. The Bertz CT molecular complexity index is 272. The normalized spacial score (nSPS) is 10.1. The average Bonchev–Trinajstić information content (AvgIpc) is 2.48. The van der Waals surface area contributed by atoms with Gasteiger partial charge in [0.2, 0.25) is 0 Å². The van der Waals surface area contributed by atoms with Gasteiger partial charge in [0.1, 0.15) is 10.6 Å². The quantitative estimate of drug-likeness (QED) is 0.701. The summed E-state index contributed by atoms with van der Waals surface area (Å²) in [6, 6.07) is 0. The molecule has 0 atom stereocenters. The van der Waals surface area contributed by atoms with Gasteiger partial charge < -0.3 is 5.11 Å². The summed E-state index contributed by atoms with van der Waals surface area (Å²) in [7, 11) is 0. The first-order chi connectivity index (χ1) is 5.75. The van der Waals surface area contributed by atoms with E-state index in [1.165, 1.54) is 18.0 Å². The summed E-state index contributed by atoms with van der Waals surface area (Å²) in [5.74, 6) is -0.0231. The third-order valence-corrected chi connectivity index (χ3v) is 2.50. The van der Waals surface area contributed by atoms with Gasteiger partial charge in [-0.15, -0.1) is 11.8 Å². The van der Waals surface area contributed by atoms with Crippen LogP contribution >= 0.6 is 11.8 Å². The molecule has 0 fully saturated rings. The molecule has 5 heteroatoms. The van der Waals surface area contributed by atoms with Crippen LogP contribution in [0.2, 0.25) is 0 Å². The van der Waals surface area contributed by atoms with Crippen molar-refractivity contribution in [2.75, 3.05) is 5.75 Å². The minimum Gasteiger partial charge on any atom is -0.478 e. The first-order valence-electron chi connectivity index (χ1n) is 3.65. The van der Waals surface area contributed by atoms with Crippen LogP contribution in [0.1, 0.15) is 23.7 Å². The summed E-state index contributed by atoms with van der Waals surface area (Å²) in [6.45, 7) is 2.05. The zero-order valence-corrected chi connectivity index (χ0v) is 7.52. The van der Waals surface area contributed by atoms with E-state index >= 15 is 0 Å². The maximum atomic E-state index is 10.6. The Morgan fingerprint density at radius 1 is 1.83 bits per heavy atom. The van der Waals surface area contributed by atoms with Crippen LogP contribution in [0.3, 0.4) is 0 Å². The van der Waals surface area contributed by atoms with Crippen LogP contribution in [0, 0.1) is 0 Å². The van der Waals surface area contributed by atoms with Crippen molar-refractivity contribution >= 4 is 17.7 Å². The molecule has 1 heterocycles. The zero-order valence-electron chi connectivity index (χ0n) is 6.70. The monoisotopic (exact) mass is 186 g/mol. The van der Waals surface area contributed by atoms with Gasteiger partial charge in [-0.3, -0.25) is 5.10 Å². The number of H-pyrrole nitrogens is 1. The molecule has 0 spiro atoms. The molecule has 0 saturated heterocycles. The van der Waals surface area contributed by atoms with Crippen molar-refractivity contribution in [1.82, 2.24) is 10.2 Å². The molecule has 1 rings (SSSR count). The fraction of sp³-hybridized carbons (Fsp3) is 0.429. The van der Waals surface area contributed by atoms with Crippen LogP contribution in [0.5, 0.6) is 0 Å². The van der Waals surface area contributed by atoms with Crippen LogP contribution in [-0.4, -0.2) is 27.0 Å². The fourth-order valence-corrected chi connectivity index (χ4v) is 1.56. The van der Waals surface area contributed by atoms with Gasteiger partial charge in [-0.25, -0.2) is 4.79 Å². The Morgan fingerprint density at radius 3 is 3.17 bits per heavy atom. The van der Waals surface area contributed by atoms with Crippen LogP contribution in [0.4, 0.5) is 0 Å². The largest absolute Gasteiger partial charge is 0.478 e. The number of aromatic nitrogens is 2. The number of carboxylic acid groups (broad SMARTS) is 1. The lowest BCUT2D eigenvalue weighted by atomic mass is 10.4. The van der Waals surface area contributed by atoms with Crippen molar-refractivity contribution < 1.29 is 9.90 Å². The van der Waals surface area contributed by atoms with Gasteiger partial charge in [0.15, 0.2) is 0 Å². The highest BCUT2D eigenvalue weighted by molar-refractivity contribution is 7.99. The number of aromatic amines is 1. The Morgan fingerprint density at radius 2 is 2.58 bits per heavy atom. The van der Waals surface area contributed by atoms with Crippen LogP contribution < -0.4 is 0 Å². The molecular weight excluding hydrogens is 176 g/mol. The summed E-state index contributed by atoms with van der Waals surface area (Å²) >= 11 is 1.48. The number of hydrogen-bond donors (Lipinski definition) is 2. The number of rotatable bonds is 4. The van der Waals surface area contributed by atoms with Crippen molar-refractivity contribution in [3.63, 3.8) is 0 Å². The molecule has 66 valence electrons. The standard InChI is InChI=1S/C7H10N2O2S/c1-2-3-12-6-5(7(10)11)4-8-9-6/h4H,2-3H2,1H3,(H,8,9)(H,10,11). The van der Waals surface area contributed by atoms with E-state index in [4.69, 9.17) is 5.11 Å². The summed E-state index contributed by atoms with van der Waals surface area (Å²) in [6.07, 6.45) is 2.35. The minimum absolute atomic E-state index is 0.258. The first kappa shape index (κ1) is 9.12. The lowest BCUT2D eigenvalue weighted by Gasteiger charge is -1.95. The molecular formula is C7H10N2O2S. The summed E-state index contributed by atoms with van der Waals surface area (Å²) in [5, 5.41) is 15.6. The topological polar surface area (TPSA) is 66.0 Å². The molecule has 0 unspecified atom stereocenters. The van der Waals surface area contributed by atoms with E-state index in [-0.39, 0.29) is 5.56 Å². The molecule has 2 N–H and O–H groups in total. The molecule has 12 heavy (non-hydrogen) atoms. The van der Waals surface area contributed by atoms with Crippen molar-refractivity contribution in [2.45, 2.75) is 18.4 Å². The van der Waals surface area contributed by atoms with Crippen LogP contribution in [0.15, 0.2) is 11.2 Å². The van der Waals surface area contributed by atoms with Gasteiger partial charge >= 0.3 is 5.97 Å². The highest BCUT2D eigenvalue weighted by atomic mass is 32.2. The second-order valence-electron chi connectivity index (χ2n) is 2.27. The molecule has 0 aromatic carbocycles. The molecule has 0 saturated carbocycles. The second kappa shape index (κ2) is 4.15. The van der Waals surface area contributed by atoms with E-state index in [2.05, 4.69) is 10.2 Å². The molecule has 0 aliphatic rings. The SMILES string of the molecule is CCCSc1[nH]ncc1C(=O)O. The van der Waals surface area contributed by atoms with Gasteiger partial charge in [-0.2, -0.15) is 5.10 Å². The van der Waals surface area contributed by atoms with Crippen molar-refractivity contribution in [2.24, 2.45) is 0 Å². The third kappa shape index (κ3) is 2.01. The van der Waals surface area contributed by atoms with Gasteiger partial charge in [0.05, 0.1) is 6.20 Å². The molecule has 4 nitrogen and oxygen atoms in total. The molecule has 1 aromatic heterocycles. The van der Waals surface area contributed by atoms with Crippen molar-refractivity contribution in [3.8, 4) is 0 Å². The molecule has 0 radical (unpaired) electrons. The number of nitrogens with one attached hydrogen (secondary N) is 1. The summed E-state index contributed by atoms with van der Waals surface area (Å²) in [4.78, 5) is 10.6. The van der Waals surface area contributed by atoms with Crippen molar-refractivity contribution in [1.29, 1.82) is 0 Å². The number of hydrogen-bond acceptors (Lipinski definition) is 3. The fourth-order valence-electron chi connectivity index (χ4n) is 0.741. The van der Waals surface area contributed by atoms with E-state index in [1.807, 2.05) is 6.92 Å². The Labute approximate surface area is 74.4 Å². The van der Waals surface area contributed by atoms with E-state index in [1.54, 1.807) is 0 Å². The second-order valence-corrected chi connectivity index (χ2v) is 3.37. The molecule has 0 aliphatic carbocycles. The maximum absolute atomic E-state index is 10.6. The number of carboxylic acids is 1. The lowest BCUT2D eigenvalue weighted by Crippen LogP contribution is -1.95. The van der Waals surface area contributed by atoms with E-state index in [9.17, 15) is 4.79 Å². The van der Waals surface area contributed by atoms with Crippen LogP contribution in [0.25, 0.3) is 0 Å². The minimum atomic E-state index is -0.928. The smallest absolute Gasteiger partial charge is 0.340 e. The van der Waals surface area contributed by atoms with Gasteiger partial charge in [0.25, 0.3) is 0 Å². The molecule has 0 aliphatic heterocycles. The van der Waals surface area contributed by atoms with E-state index < -0.39 is 5.97 Å². The first-order valence-corrected chi connectivity index (χ1v) is 4.63. The Balaban J connectivity index is 2.70. The summed E-state index contributed by atoms with van der Waals surface area (Å²) in [5.41, 5.74) is 0.258. The highest BCUT2D eigenvalue weighted by Gasteiger charge is 2.11. The van der Waals surface area contributed by atoms with Gasteiger partial charge in [-0.1, -0.05) is 6.92 Å². The molecule has 1 aromatic rings. The number of thioether (sulfide) groups is 1. The Kier molecular flexibility index (Phi) is 3.16. The van der Waals surface area contributed by atoms with Gasteiger partial charge in [-0.05, 0) is 12.2 Å². The van der Waals surface area contributed by atoms with E-state index in [0.717, 1.165) is 12.2 Å². The average molecular weight is 186 g/mol. The number of carbonyl (C=O) groups is 1. The third-order valence-electron chi connectivity index (χ3n) is 1.29. The predicted molar refractivity (Wildman–Crippen MR) is 46.6 cm³/mol. The van der Waals surface area contributed by atoms with E-state index in [0.29, 0.717) is 5.03 Å². The van der Waals surface area contributed by atoms with Gasteiger partial charge in [0, 0.05) is 0 Å². The van der Waals surface area contributed by atoms with Crippen LogP contribution in [-0.2, 0) is 0 Å². The number of aromatic carboxylic acids is 1. The molecule has 0 amide bonds. The lowest BCUT2D eigenvalue weighted by molar-refractivity contribution is 0.0693. The highest BCUT2D eigenvalue weighted by Crippen LogP contribution is 2.19. The zero-order chi connectivity index (χ0) is 8.97. The predicted octanol–water partition coefficient (Wildman–Crippen LogP) is 1.61. The Hall–Kier alpha value is -0.970. The van der Waals surface area contributed by atoms with Crippen molar-refractivity contribution in [3.05, 3.63) is 11.8 Å².